The van der Waals surface area contributed by atoms with Gasteiger partial charge in [-0.05, 0) is 71.7 Å². The molecule has 0 radical (unpaired) electrons. The Morgan fingerprint density at radius 2 is 1.77 bits per heavy atom. The third-order valence-electron chi connectivity index (χ3n) is 4.81. The largest absolute Gasteiger partial charge is 0.525 e. The minimum atomic E-state index is -1.17. The van der Waals surface area contributed by atoms with Crippen LogP contribution in [0.5, 0.6) is 0 Å². The average Bonchev–Trinajstić information content (AvgIpc) is 2.74. The van der Waals surface area contributed by atoms with Crippen molar-refractivity contribution in [1.82, 2.24) is 0 Å². The molecule has 7 heteroatoms. The van der Waals surface area contributed by atoms with Crippen molar-refractivity contribution in [3.63, 3.8) is 0 Å². The fraction of sp³-hybridized carbons (Fsp3) is 0.579. The summed E-state index contributed by atoms with van der Waals surface area (Å²) in [6.07, 6.45) is 0.213. The molecule has 1 aliphatic rings. The molecule has 0 atom stereocenters. The summed E-state index contributed by atoms with van der Waals surface area (Å²) in [7, 11) is -1.17. The average molecular weight is 431 g/mol. The molecule has 1 saturated heterocycles. The monoisotopic (exact) mass is 430 g/mol. The van der Waals surface area contributed by atoms with E-state index in [2.05, 4.69) is 15.9 Å². The first-order valence-corrected chi connectivity index (χ1v) is 9.55. The lowest BCUT2D eigenvalue weighted by Gasteiger charge is -2.32. The molecule has 3 nitrogen and oxygen atoms in total. The Kier molecular flexibility index (Phi) is 6.70. The van der Waals surface area contributed by atoms with Gasteiger partial charge < -0.3 is 14.0 Å². The molecule has 26 heavy (non-hydrogen) atoms. The fourth-order valence-electron chi connectivity index (χ4n) is 2.60. The van der Waals surface area contributed by atoms with E-state index in [4.69, 9.17) is 14.0 Å². The highest BCUT2D eigenvalue weighted by Crippen LogP contribution is 2.41. The van der Waals surface area contributed by atoms with Crippen molar-refractivity contribution in [1.29, 1.82) is 0 Å². The zero-order valence-corrected chi connectivity index (χ0v) is 17.7. The van der Waals surface area contributed by atoms with E-state index >= 15 is 4.39 Å². The molecule has 0 aliphatic carbocycles. The van der Waals surface area contributed by atoms with Gasteiger partial charge in [0.15, 0.2) is 0 Å². The minimum absolute atomic E-state index is 0.00325. The predicted molar refractivity (Wildman–Crippen MR) is 104 cm³/mol. The molecule has 1 aliphatic heterocycles. The van der Waals surface area contributed by atoms with E-state index in [0.29, 0.717) is 4.47 Å². The van der Waals surface area contributed by atoms with Gasteiger partial charge in [0.1, 0.15) is 11.5 Å². The molecule has 0 aromatic heterocycles. The Hall–Kier alpha value is -0.755. The first-order valence-electron chi connectivity index (χ1n) is 8.76. The molecule has 144 valence electrons. The zero-order chi connectivity index (χ0) is 19.7. The maximum absolute atomic E-state index is 15.4. The Labute approximate surface area is 163 Å². The highest BCUT2D eigenvalue weighted by molar-refractivity contribution is 9.10. The molecule has 0 spiro atoms. The zero-order valence-electron chi connectivity index (χ0n) is 16.2. The lowest BCUT2D eigenvalue weighted by atomic mass is 9.81. The highest BCUT2D eigenvalue weighted by atomic mass is 79.9. The molecular weight excluding hydrogens is 405 g/mol. The van der Waals surface area contributed by atoms with E-state index in [0.717, 1.165) is 0 Å². The predicted octanol–water partition coefficient (Wildman–Crippen LogP) is 5.72. The number of benzene rings is 1. The minimum Gasteiger partial charge on any atom is -0.398 e. The van der Waals surface area contributed by atoms with Gasteiger partial charge in [0.25, 0.3) is 0 Å². The lowest BCUT2D eigenvalue weighted by Crippen LogP contribution is -2.41. The summed E-state index contributed by atoms with van der Waals surface area (Å²) in [6, 6.07) is 4.44. The summed E-state index contributed by atoms with van der Waals surface area (Å²) >= 11 is 3.32. The van der Waals surface area contributed by atoms with Crippen LogP contribution in [0.15, 0.2) is 28.4 Å². The number of rotatable bonds is 6. The van der Waals surface area contributed by atoms with Crippen LogP contribution in [0.25, 0.3) is 5.57 Å². The third-order valence-corrected chi connectivity index (χ3v) is 5.30. The standard InChI is InChI=1S/C19H26BBrF2O3/c1-12(2)24-10-9-14(15-11-13(21)7-8-16(15)22)17(23)20-25-18(3,4)19(5,6)26-20/h7-8,11-12H,9-10H2,1-6H3. The van der Waals surface area contributed by atoms with Crippen molar-refractivity contribution in [2.24, 2.45) is 0 Å². The van der Waals surface area contributed by atoms with Crippen LogP contribution in [0.4, 0.5) is 8.78 Å². The third kappa shape index (κ3) is 4.74. The smallest absolute Gasteiger partial charge is 0.398 e. The SMILES string of the molecule is CC(C)OCCC(=C(F)B1OC(C)(C)C(C)(C)O1)c1cc(Br)ccc1F. The normalized spacial score (nSPS) is 19.8. The molecule has 0 N–H and O–H groups in total. The summed E-state index contributed by atoms with van der Waals surface area (Å²) in [6.45, 7) is 11.5. The van der Waals surface area contributed by atoms with Gasteiger partial charge in [-0.25, -0.2) is 8.78 Å². The summed E-state index contributed by atoms with van der Waals surface area (Å²) < 4.78 is 47.6. The maximum atomic E-state index is 15.4. The fourth-order valence-corrected chi connectivity index (χ4v) is 2.96. The number of hydrogen-bond acceptors (Lipinski definition) is 3. The first-order chi connectivity index (χ1) is 11.9. The topological polar surface area (TPSA) is 27.7 Å². The van der Waals surface area contributed by atoms with E-state index in [9.17, 15) is 4.39 Å². The van der Waals surface area contributed by atoms with Crippen molar-refractivity contribution in [2.45, 2.75) is 65.3 Å². The molecule has 0 saturated carbocycles. The second-order valence-corrected chi connectivity index (χ2v) is 8.62. The van der Waals surface area contributed by atoms with Crippen LogP contribution < -0.4 is 0 Å². The van der Waals surface area contributed by atoms with Crippen LogP contribution >= 0.6 is 15.9 Å². The number of ether oxygens (including phenoxy) is 1. The van der Waals surface area contributed by atoms with Crippen molar-refractivity contribution in [3.05, 3.63) is 39.8 Å². The summed E-state index contributed by atoms with van der Waals surface area (Å²) in [5, 5.41) is 0. The molecule has 1 fully saturated rings. The molecule has 2 rings (SSSR count). The maximum Gasteiger partial charge on any atom is 0.525 e. The first kappa shape index (κ1) is 21.5. The number of hydrogen-bond donors (Lipinski definition) is 0. The van der Waals surface area contributed by atoms with Crippen LogP contribution in [0, 0.1) is 5.82 Å². The second kappa shape index (κ2) is 8.09. The van der Waals surface area contributed by atoms with Crippen LogP contribution in [0.2, 0.25) is 0 Å². The summed E-state index contributed by atoms with van der Waals surface area (Å²) in [5.41, 5.74) is -1.59. The summed E-state index contributed by atoms with van der Waals surface area (Å²) in [4.78, 5) is 0. The Morgan fingerprint density at radius 3 is 2.31 bits per heavy atom. The van der Waals surface area contributed by atoms with Gasteiger partial charge in [-0.1, -0.05) is 15.9 Å². The van der Waals surface area contributed by atoms with Gasteiger partial charge in [-0.3, -0.25) is 0 Å². The molecular formula is C19H26BBrF2O3. The summed E-state index contributed by atoms with van der Waals surface area (Å²) in [5.74, 6) is -0.501. The van der Waals surface area contributed by atoms with Crippen molar-refractivity contribution in [3.8, 4) is 0 Å². The molecule has 1 aromatic rings. The van der Waals surface area contributed by atoms with Gasteiger partial charge in [-0.2, -0.15) is 0 Å². The van der Waals surface area contributed by atoms with Crippen molar-refractivity contribution < 1.29 is 22.8 Å². The van der Waals surface area contributed by atoms with E-state index in [-0.39, 0.29) is 30.3 Å². The van der Waals surface area contributed by atoms with Gasteiger partial charge in [-0.15, -0.1) is 0 Å². The Bertz CT molecular complexity index is 673. The van der Waals surface area contributed by atoms with Gasteiger partial charge in [0.05, 0.1) is 23.9 Å². The van der Waals surface area contributed by atoms with Crippen molar-refractivity contribution in [2.75, 3.05) is 6.61 Å². The molecule has 0 unspecified atom stereocenters. The molecule has 1 heterocycles. The van der Waals surface area contributed by atoms with Crippen LogP contribution in [-0.4, -0.2) is 31.0 Å². The van der Waals surface area contributed by atoms with E-state index in [1.807, 2.05) is 41.5 Å². The molecule has 1 aromatic carbocycles. The molecule has 0 bridgehead atoms. The van der Waals surface area contributed by atoms with E-state index < -0.39 is 29.9 Å². The van der Waals surface area contributed by atoms with Crippen LogP contribution in [0.3, 0.4) is 0 Å². The van der Waals surface area contributed by atoms with Gasteiger partial charge >= 0.3 is 7.12 Å². The van der Waals surface area contributed by atoms with Crippen LogP contribution in [-0.2, 0) is 14.0 Å². The molecule has 0 amide bonds. The van der Waals surface area contributed by atoms with Crippen molar-refractivity contribution >= 4 is 28.6 Å². The number of halogens is 3. The van der Waals surface area contributed by atoms with Gasteiger partial charge in [0.2, 0.25) is 0 Å². The second-order valence-electron chi connectivity index (χ2n) is 7.71. The van der Waals surface area contributed by atoms with E-state index in [1.54, 1.807) is 12.1 Å². The van der Waals surface area contributed by atoms with Crippen LogP contribution in [0.1, 0.15) is 53.5 Å². The van der Waals surface area contributed by atoms with Gasteiger partial charge in [0, 0.05) is 10.0 Å². The Balaban J connectivity index is 2.42. The quantitative estimate of drug-likeness (QED) is 0.540. The lowest BCUT2D eigenvalue weighted by molar-refractivity contribution is 0.00578. The highest BCUT2D eigenvalue weighted by Gasteiger charge is 2.53. The Morgan fingerprint density at radius 1 is 1.19 bits per heavy atom. The van der Waals surface area contributed by atoms with E-state index in [1.165, 1.54) is 6.07 Å².